The van der Waals surface area contributed by atoms with Gasteiger partial charge >= 0.3 is 139 Å². The molecule has 0 aliphatic carbocycles. The molecule has 0 bridgehead atoms. The summed E-state index contributed by atoms with van der Waals surface area (Å²) in [5.41, 5.74) is 0. The van der Waals surface area contributed by atoms with Crippen LogP contribution in [-0.4, -0.2) is 11.4 Å². The molecule has 0 radical (unpaired) electrons. The first kappa shape index (κ1) is 21.0. The Balaban J connectivity index is 3.98. The molecule has 0 aliphatic heterocycles. The van der Waals surface area contributed by atoms with Crippen molar-refractivity contribution in [2.75, 3.05) is 0 Å². The van der Waals surface area contributed by atoms with E-state index in [-0.39, 0.29) is 0 Å². The van der Waals surface area contributed by atoms with Crippen LogP contribution in [-0.2, 0) is 0 Å². The number of hydrogen-bond acceptors (Lipinski definition) is 0. The third-order valence-corrected chi connectivity index (χ3v) is 18.5. The zero-order valence-corrected chi connectivity index (χ0v) is 18.2. The van der Waals surface area contributed by atoms with Crippen molar-refractivity contribution in [2.24, 2.45) is 0 Å². The fourth-order valence-electron chi connectivity index (χ4n) is 2.98. The molecule has 0 heterocycles. The van der Waals surface area contributed by atoms with Gasteiger partial charge in [-0.05, 0) is 0 Å². The number of rotatable bonds is 15. The predicted molar refractivity (Wildman–Crippen MR) is 102 cm³/mol. The fourth-order valence-corrected chi connectivity index (χ4v) is 14.5. The van der Waals surface area contributed by atoms with Gasteiger partial charge in [-0.15, -0.1) is 0 Å². The molecule has 0 fully saturated rings. The zero-order chi connectivity index (χ0) is 15.1. The van der Waals surface area contributed by atoms with Crippen LogP contribution in [0.3, 0.4) is 0 Å². The number of halogens is 1. The molecule has 0 spiro atoms. The van der Waals surface area contributed by atoms with Gasteiger partial charge in [-0.1, -0.05) is 0 Å². The molecule has 0 atom stereocenters. The molecule has 0 saturated carbocycles. The Labute approximate surface area is 138 Å². The Morgan fingerprint density at radius 3 is 1.05 bits per heavy atom. The molecular weight excluding hydrogens is 369 g/mol. The maximum atomic E-state index is 4.33. The van der Waals surface area contributed by atoms with Gasteiger partial charge in [0.1, 0.15) is 0 Å². The van der Waals surface area contributed by atoms with E-state index in [2.05, 4.69) is 34.8 Å². The Bertz CT molecular complexity index is 163. The zero-order valence-electron chi connectivity index (χ0n) is 14.5. The number of unbranched alkanes of at least 4 members (excludes halogenated alkanes) is 9. The quantitative estimate of drug-likeness (QED) is 0.190. The van der Waals surface area contributed by atoms with E-state index in [4.69, 9.17) is 0 Å². The van der Waals surface area contributed by atoms with Crippen LogP contribution in [0.5, 0.6) is 0 Å². The van der Waals surface area contributed by atoms with Gasteiger partial charge in [-0.25, -0.2) is 0 Å². The molecule has 0 aromatic carbocycles. The van der Waals surface area contributed by atoms with Crippen LogP contribution < -0.4 is 0 Å². The standard InChI is InChI=1S/C18H39BrGe/c1-4-7-10-13-16-20(19,17-14-11-8-5-2)18-15-12-9-6-3/h4-18H2,1-3H3. The minimum absolute atomic E-state index is 1.37. The van der Waals surface area contributed by atoms with E-state index < -0.39 is 11.4 Å². The summed E-state index contributed by atoms with van der Waals surface area (Å²) in [7, 11) is 0. The van der Waals surface area contributed by atoms with Crippen molar-refractivity contribution in [1.29, 1.82) is 0 Å². The van der Waals surface area contributed by atoms with Gasteiger partial charge in [0.2, 0.25) is 0 Å². The summed E-state index contributed by atoms with van der Waals surface area (Å²) in [6.07, 6.45) is 17.4. The predicted octanol–water partition coefficient (Wildman–Crippen LogP) is 8.07. The van der Waals surface area contributed by atoms with E-state index in [0.717, 1.165) is 0 Å². The van der Waals surface area contributed by atoms with Crippen LogP contribution in [0.2, 0.25) is 15.8 Å². The molecule has 122 valence electrons. The van der Waals surface area contributed by atoms with Crippen molar-refractivity contribution in [3.05, 3.63) is 0 Å². The molecule has 0 nitrogen and oxygen atoms in total. The van der Waals surface area contributed by atoms with Gasteiger partial charge in [0.25, 0.3) is 0 Å². The second-order valence-corrected chi connectivity index (χ2v) is 23.3. The molecule has 0 unspecified atom stereocenters. The van der Waals surface area contributed by atoms with Crippen molar-refractivity contribution >= 4 is 25.4 Å². The monoisotopic (exact) mass is 408 g/mol. The van der Waals surface area contributed by atoms with Crippen molar-refractivity contribution < 1.29 is 0 Å². The Hall–Kier alpha value is 1.02. The average molecular weight is 408 g/mol. The molecule has 0 aromatic heterocycles. The molecular formula is C18H39BrGe. The summed E-state index contributed by atoms with van der Waals surface area (Å²) in [6, 6.07) is 0. The molecule has 2 heteroatoms. The van der Waals surface area contributed by atoms with E-state index in [9.17, 15) is 0 Å². The third kappa shape index (κ3) is 12.7. The molecule has 20 heavy (non-hydrogen) atoms. The Kier molecular flexibility index (Phi) is 15.7. The van der Waals surface area contributed by atoms with Gasteiger partial charge in [0.15, 0.2) is 0 Å². The molecule has 0 N–H and O–H groups in total. The molecule has 0 saturated heterocycles. The fraction of sp³-hybridized carbons (Fsp3) is 1.00. The first-order chi connectivity index (χ1) is 9.68. The summed E-state index contributed by atoms with van der Waals surface area (Å²) in [5.74, 6) is 0. The molecule has 0 rings (SSSR count). The van der Waals surface area contributed by atoms with E-state index >= 15 is 0 Å². The molecule has 0 amide bonds. The van der Waals surface area contributed by atoms with E-state index in [1.54, 1.807) is 15.8 Å². The van der Waals surface area contributed by atoms with Crippen molar-refractivity contribution in [2.45, 2.75) is 114 Å². The number of hydrogen-bond donors (Lipinski definition) is 0. The summed E-state index contributed by atoms with van der Waals surface area (Å²) < 4.78 is 0. The maximum absolute atomic E-state index is 4.33. The normalized spacial score (nSPS) is 12.0. The summed E-state index contributed by atoms with van der Waals surface area (Å²) in [6.45, 7) is 6.95. The van der Waals surface area contributed by atoms with Gasteiger partial charge in [-0.3, -0.25) is 0 Å². The van der Waals surface area contributed by atoms with Crippen molar-refractivity contribution in [1.82, 2.24) is 0 Å². The van der Waals surface area contributed by atoms with Crippen LogP contribution in [0.1, 0.15) is 97.8 Å². The van der Waals surface area contributed by atoms with Gasteiger partial charge < -0.3 is 0 Å². The van der Waals surface area contributed by atoms with E-state index in [1.165, 1.54) is 77.0 Å². The molecule has 0 aliphatic rings. The van der Waals surface area contributed by atoms with Crippen LogP contribution >= 0.6 is 14.0 Å². The summed E-state index contributed by atoms with van der Waals surface area (Å²) >= 11 is 2.70. The molecule has 0 aromatic rings. The van der Waals surface area contributed by atoms with Crippen LogP contribution in [0.25, 0.3) is 0 Å². The SMILES string of the molecule is CCCCC[CH2][Ge]([Br])([CH2]CCCCC)[CH2]CCCCC. The van der Waals surface area contributed by atoms with Crippen LogP contribution in [0.15, 0.2) is 0 Å². The van der Waals surface area contributed by atoms with E-state index in [1.807, 2.05) is 0 Å². The van der Waals surface area contributed by atoms with Crippen LogP contribution in [0.4, 0.5) is 0 Å². The van der Waals surface area contributed by atoms with Gasteiger partial charge in [-0.2, -0.15) is 0 Å². The Morgan fingerprint density at radius 2 is 0.800 bits per heavy atom. The van der Waals surface area contributed by atoms with Crippen LogP contribution in [0, 0.1) is 0 Å². The minimum atomic E-state index is -1.63. The first-order valence-corrected chi connectivity index (χ1v) is 18.7. The summed E-state index contributed by atoms with van der Waals surface area (Å²) in [4.78, 5) is 0. The van der Waals surface area contributed by atoms with E-state index in [0.29, 0.717) is 0 Å². The van der Waals surface area contributed by atoms with Crippen molar-refractivity contribution in [3.63, 3.8) is 0 Å². The topological polar surface area (TPSA) is 0 Å². The third-order valence-electron chi connectivity index (χ3n) is 4.44. The second-order valence-electron chi connectivity index (χ2n) is 6.58. The van der Waals surface area contributed by atoms with Gasteiger partial charge in [0, 0.05) is 0 Å². The van der Waals surface area contributed by atoms with Crippen molar-refractivity contribution in [3.8, 4) is 0 Å². The second kappa shape index (κ2) is 14.9. The Morgan fingerprint density at radius 1 is 0.500 bits per heavy atom. The van der Waals surface area contributed by atoms with Gasteiger partial charge in [0.05, 0.1) is 0 Å². The average Bonchev–Trinajstić information content (AvgIpc) is 2.45. The summed E-state index contributed by atoms with van der Waals surface area (Å²) in [5, 5.41) is 4.74. The first-order valence-electron chi connectivity index (χ1n) is 9.37.